The fourth-order valence-corrected chi connectivity index (χ4v) is 3.28. The van der Waals surface area contributed by atoms with E-state index in [9.17, 15) is 0 Å². The highest BCUT2D eigenvalue weighted by molar-refractivity contribution is 14.1. The SMILES string of the molecule is IC1=NC2=CCCC=C2C1c1ccccc1. The van der Waals surface area contributed by atoms with Crippen LogP contribution in [0.4, 0.5) is 0 Å². The van der Waals surface area contributed by atoms with Crippen LogP contribution in [0, 0.1) is 0 Å². The Balaban J connectivity index is 2.06. The van der Waals surface area contributed by atoms with Crippen LogP contribution in [0.2, 0.25) is 0 Å². The molecule has 1 heterocycles. The molecule has 2 heteroatoms. The van der Waals surface area contributed by atoms with E-state index in [-0.39, 0.29) is 0 Å². The molecule has 0 saturated carbocycles. The first kappa shape index (κ1) is 10.3. The van der Waals surface area contributed by atoms with E-state index < -0.39 is 0 Å². The van der Waals surface area contributed by atoms with E-state index >= 15 is 0 Å². The second-order valence-corrected chi connectivity index (χ2v) is 5.21. The van der Waals surface area contributed by atoms with Crippen molar-refractivity contribution in [3.05, 3.63) is 59.3 Å². The minimum absolute atomic E-state index is 0.383. The van der Waals surface area contributed by atoms with Crippen molar-refractivity contribution in [2.45, 2.75) is 18.8 Å². The van der Waals surface area contributed by atoms with E-state index in [2.05, 4.69) is 70.1 Å². The highest BCUT2D eigenvalue weighted by Crippen LogP contribution is 2.41. The van der Waals surface area contributed by atoms with Crippen molar-refractivity contribution in [3.63, 3.8) is 0 Å². The molecule has 0 bridgehead atoms. The molecule has 1 atom stereocenters. The molecule has 2 aliphatic rings. The van der Waals surface area contributed by atoms with E-state index in [4.69, 9.17) is 0 Å². The standard InChI is InChI=1S/C14H12IN/c15-14-13(10-6-2-1-3-7-10)11-8-4-5-9-12(11)16-14/h1-3,6-9,13H,4-5H2. The maximum Gasteiger partial charge on any atom is 0.0910 e. The van der Waals surface area contributed by atoms with Crippen LogP contribution in [-0.4, -0.2) is 3.72 Å². The number of halogens is 1. The Morgan fingerprint density at radius 2 is 1.81 bits per heavy atom. The smallest absolute Gasteiger partial charge is 0.0910 e. The molecule has 1 aliphatic heterocycles. The Labute approximate surface area is 109 Å². The maximum absolute atomic E-state index is 4.66. The zero-order chi connectivity index (χ0) is 11.0. The van der Waals surface area contributed by atoms with Crippen LogP contribution in [0.1, 0.15) is 24.3 Å². The second kappa shape index (κ2) is 4.17. The summed E-state index contributed by atoms with van der Waals surface area (Å²) in [4.78, 5) is 4.66. The average molecular weight is 321 g/mol. The first-order valence-electron chi connectivity index (χ1n) is 5.56. The molecule has 1 aliphatic carbocycles. The van der Waals surface area contributed by atoms with Crippen molar-refractivity contribution in [2.75, 3.05) is 0 Å². The van der Waals surface area contributed by atoms with E-state index in [0.717, 1.165) is 12.8 Å². The molecule has 80 valence electrons. The van der Waals surface area contributed by atoms with E-state index in [0.29, 0.717) is 5.92 Å². The summed E-state index contributed by atoms with van der Waals surface area (Å²) in [5.41, 5.74) is 3.96. The fraction of sp³-hybridized carbons (Fsp3) is 0.214. The van der Waals surface area contributed by atoms with Gasteiger partial charge in [0, 0.05) is 0 Å². The van der Waals surface area contributed by atoms with Crippen molar-refractivity contribution >= 4 is 26.3 Å². The number of allylic oxidation sites excluding steroid dienone is 3. The van der Waals surface area contributed by atoms with Gasteiger partial charge in [0.05, 0.1) is 15.3 Å². The molecule has 0 amide bonds. The Morgan fingerprint density at radius 1 is 1.06 bits per heavy atom. The van der Waals surface area contributed by atoms with Crippen molar-refractivity contribution < 1.29 is 0 Å². The van der Waals surface area contributed by atoms with Gasteiger partial charge in [0.1, 0.15) is 0 Å². The maximum atomic E-state index is 4.66. The second-order valence-electron chi connectivity index (χ2n) is 4.10. The van der Waals surface area contributed by atoms with Crippen LogP contribution >= 0.6 is 22.6 Å². The highest BCUT2D eigenvalue weighted by Gasteiger charge is 2.30. The van der Waals surface area contributed by atoms with Crippen molar-refractivity contribution in [1.29, 1.82) is 0 Å². The van der Waals surface area contributed by atoms with Gasteiger partial charge in [0.25, 0.3) is 0 Å². The largest absolute Gasteiger partial charge is 0.246 e. The molecule has 1 unspecified atom stereocenters. The van der Waals surface area contributed by atoms with Crippen LogP contribution in [-0.2, 0) is 0 Å². The normalized spacial score (nSPS) is 23.3. The lowest BCUT2D eigenvalue weighted by Crippen LogP contribution is -2.05. The molecule has 0 aromatic heterocycles. The summed E-state index contributed by atoms with van der Waals surface area (Å²) in [6.07, 6.45) is 6.90. The zero-order valence-electron chi connectivity index (χ0n) is 8.86. The van der Waals surface area contributed by atoms with Gasteiger partial charge in [-0.05, 0) is 46.6 Å². The summed E-state index contributed by atoms with van der Waals surface area (Å²) in [5.74, 6) is 0.383. The van der Waals surface area contributed by atoms with Crippen LogP contribution in [0.15, 0.2) is 58.7 Å². The van der Waals surface area contributed by atoms with Crippen molar-refractivity contribution in [3.8, 4) is 0 Å². The molecule has 0 radical (unpaired) electrons. The molecule has 1 nitrogen and oxygen atoms in total. The molecular formula is C14H12IN. The average Bonchev–Trinajstić information content (AvgIpc) is 2.66. The Morgan fingerprint density at radius 3 is 2.62 bits per heavy atom. The number of rotatable bonds is 1. The molecule has 3 rings (SSSR count). The van der Waals surface area contributed by atoms with E-state index in [1.54, 1.807) is 0 Å². The topological polar surface area (TPSA) is 12.4 Å². The quantitative estimate of drug-likeness (QED) is 0.687. The van der Waals surface area contributed by atoms with Gasteiger partial charge in [-0.25, -0.2) is 4.99 Å². The van der Waals surface area contributed by atoms with Gasteiger partial charge in [-0.1, -0.05) is 42.5 Å². The summed E-state index contributed by atoms with van der Waals surface area (Å²) in [6, 6.07) is 10.7. The van der Waals surface area contributed by atoms with Crippen molar-refractivity contribution in [1.82, 2.24) is 0 Å². The summed E-state index contributed by atoms with van der Waals surface area (Å²) in [7, 11) is 0. The summed E-state index contributed by atoms with van der Waals surface area (Å²) in [6.45, 7) is 0. The highest BCUT2D eigenvalue weighted by atomic mass is 127. The molecule has 1 aromatic carbocycles. The van der Waals surface area contributed by atoms with Gasteiger partial charge in [-0.15, -0.1) is 0 Å². The van der Waals surface area contributed by atoms with Crippen LogP contribution in [0.3, 0.4) is 0 Å². The van der Waals surface area contributed by atoms with Crippen LogP contribution in [0.5, 0.6) is 0 Å². The Kier molecular flexibility index (Phi) is 2.67. The number of hydrogen-bond acceptors (Lipinski definition) is 1. The molecular weight excluding hydrogens is 309 g/mol. The minimum atomic E-state index is 0.383. The summed E-state index contributed by atoms with van der Waals surface area (Å²) >= 11 is 2.37. The molecule has 0 N–H and O–H groups in total. The van der Waals surface area contributed by atoms with Gasteiger partial charge in [0.2, 0.25) is 0 Å². The molecule has 0 saturated heterocycles. The summed E-state index contributed by atoms with van der Waals surface area (Å²) in [5, 5.41) is 0. The van der Waals surface area contributed by atoms with E-state index in [1.807, 2.05) is 0 Å². The monoisotopic (exact) mass is 321 g/mol. The van der Waals surface area contributed by atoms with Crippen LogP contribution in [0.25, 0.3) is 0 Å². The summed E-state index contributed by atoms with van der Waals surface area (Å²) < 4.78 is 1.20. The third-order valence-electron chi connectivity index (χ3n) is 3.07. The number of aliphatic imine (C=N–C) groups is 1. The number of fused-ring (bicyclic) bond motifs is 1. The predicted molar refractivity (Wildman–Crippen MR) is 76.0 cm³/mol. The zero-order valence-corrected chi connectivity index (χ0v) is 11.0. The molecule has 0 fully saturated rings. The minimum Gasteiger partial charge on any atom is -0.246 e. The van der Waals surface area contributed by atoms with Gasteiger partial charge in [0.15, 0.2) is 0 Å². The Hall–Kier alpha value is -0.900. The van der Waals surface area contributed by atoms with Crippen molar-refractivity contribution in [2.24, 2.45) is 4.99 Å². The Bertz CT molecular complexity index is 497. The first-order valence-corrected chi connectivity index (χ1v) is 6.64. The van der Waals surface area contributed by atoms with Gasteiger partial charge < -0.3 is 0 Å². The number of hydrogen-bond donors (Lipinski definition) is 0. The molecule has 16 heavy (non-hydrogen) atoms. The van der Waals surface area contributed by atoms with Crippen LogP contribution < -0.4 is 0 Å². The number of nitrogens with zero attached hydrogens (tertiary/aromatic N) is 1. The van der Waals surface area contributed by atoms with E-state index in [1.165, 1.54) is 20.6 Å². The predicted octanol–water partition coefficient (Wildman–Crippen LogP) is 4.22. The lowest BCUT2D eigenvalue weighted by Gasteiger charge is -2.15. The third kappa shape index (κ3) is 1.65. The first-order chi connectivity index (χ1) is 7.86. The third-order valence-corrected chi connectivity index (χ3v) is 3.94. The number of benzene rings is 1. The van der Waals surface area contributed by atoms with Gasteiger partial charge in [-0.2, -0.15) is 0 Å². The molecule has 0 spiro atoms. The lowest BCUT2D eigenvalue weighted by atomic mass is 9.89. The van der Waals surface area contributed by atoms with Gasteiger partial charge in [-0.3, -0.25) is 0 Å². The lowest BCUT2D eigenvalue weighted by molar-refractivity contribution is 0.960. The van der Waals surface area contributed by atoms with Gasteiger partial charge >= 0.3 is 0 Å². The molecule has 1 aromatic rings. The fourth-order valence-electron chi connectivity index (χ4n) is 2.33.